The average Bonchev–Trinajstić information content (AvgIpc) is 2.45. The number of hydrogen-bond donors (Lipinski definition) is 1. The van der Waals surface area contributed by atoms with Crippen LogP contribution in [-0.4, -0.2) is 50.2 Å². The number of rotatable bonds is 11. The molecule has 0 spiro atoms. The molecule has 0 aliphatic rings. The first-order chi connectivity index (χ1) is 9.03. The van der Waals surface area contributed by atoms with Gasteiger partial charge in [-0.1, -0.05) is 26.7 Å². The number of likely N-dealkylation sites (N-methyl/N-ethyl adjacent to an activating group) is 1. The number of esters is 1. The van der Waals surface area contributed by atoms with Gasteiger partial charge in [0.15, 0.2) is 0 Å². The minimum atomic E-state index is -0.578. The van der Waals surface area contributed by atoms with Gasteiger partial charge in [-0.25, -0.2) is 0 Å². The van der Waals surface area contributed by atoms with Crippen molar-refractivity contribution >= 4 is 5.97 Å². The zero-order valence-electron chi connectivity index (χ0n) is 13.4. The van der Waals surface area contributed by atoms with Gasteiger partial charge in [0.2, 0.25) is 0 Å². The minimum absolute atomic E-state index is 0.180. The highest BCUT2D eigenvalue weighted by Gasteiger charge is 2.32. The smallest absolute Gasteiger partial charge is 0.325 e. The van der Waals surface area contributed by atoms with E-state index in [0.717, 1.165) is 26.1 Å². The van der Waals surface area contributed by atoms with Gasteiger partial charge in [0.1, 0.15) is 5.54 Å². The fraction of sp³-hybridized carbons (Fsp3) is 0.933. The lowest BCUT2D eigenvalue weighted by Crippen LogP contribution is -2.50. The molecule has 0 rings (SSSR count). The molecule has 4 heteroatoms. The van der Waals surface area contributed by atoms with Gasteiger partial charge in [-0.15, -0.1) is 0 Å². The normalized spacial score (nSPS) is 14.4. The van der Waals surface area contributed by atoms with Crippen LogP contribution in [0.5, 0.6) is 0 Å². The first-order valence-electron chi connectivity index (χ1n) is 7.53. The lowest BCUT2D eigenvalue weighted by atomic mass is 9.97. The summed E-state index contributed by atoms with van der Waals surface area (Å²) < 4.78 is 4.88. The van der Waals surface area contributed by atoms with Gasteiger partial charge in [-0.05, 0) is 46.3 Å². The summed E-state index contributed by atoms with van der Waals surface area (Å²) in [5.74, 6) is -0.180. The van der Waals surface area contributed by atoms with Crippen molar-refractivity contribution in [3.63, 3.8) is 0 Å². The topological polar surface area (TPSA) is 41.6 Å². The Balaban J connectivity index is 4.36. The van der Waals surface area contributed by atoms with Crippen LogP contribution in [0.3, 0.4) is 0 Å². The molecule has 19 heavy (non-hydrogen) atoms. The molecule has 0 amide bonds. The standard InChI is InChI=1S/C15H32N2O2/c1-6-8-11-17(12-9-7-2)13-10-15(3,16-4)14(18)19-5/h16H,6-13H2,1-5H3. The van der Waals surface area contributed by atoms with Crippen LogP contribution in [-0.2, 0) is 9.53 Å². The summed E-state index contributed by atoms with van der Waals surface area (Å²) in [7, 11) is 3.27. The molecule has 1 N–H and O–H groups in total. The fourth-order valence-corrected chi connectivity index (χ4v) is 2.03. The third-order valence-electron chi connectivity index (χ3n) is 3.77. The number of ether oxygens (including phenoxy) is 1. The average molecular weight is 272 g/mol. The maximum Gasteiger partial charge on any atom is 0.325 e. The molecule has 0 aromatic heterocycles. The number of methoxy groups -OCH3 is 1. The van der Waals surface area contributed by atoms with E-state index < -0.39 is 5.54 Å². The van der Waals surface area contributed by atoms with E-state index in [9.17, 15) is 4.79 Å². The highest BCUT2D eigenvalue weighted by molar-refractivity contribution is 5.80. The molecule has 4 nitrogen and oxygen atoms in total. The van der Waals surface area contributed by atoms with Crippen molar-refractivity contribution in [2.45, 2.75) is 58.4 Å². The zero-order chi connectivity index (χ0) is 14.7. The summed E-state index contributed by atoms with van der Waals surface area (Å²) in [6.45, 7) is 9.52. The Morgan fingerprint density at radius 1 is 1.16 bits per heavy atom. The van der Waals surface area contributed by atoms with Crippen LogP contribution < -0.4 is 5.32 Å². The molecule has 114 valence electrons. The molecule has 1 unspecified atom stereocenters. The number of carbonyl (C=O) groups excluding carboxylic acids is 1. The zero-order valence-corrected chi connectivity index (χ0v) is 13.4. The lowest BCUT2D eigenvalue weighted by molar-refractivity contribution is -0.148. The van der Waals surface area contributed by atoms with Crippen molar-refractivity contribution in [1.82, 2.24) is 10.2 Å². The van der Waals surface area contributed by atoms with Crippen molar-refractivity contribution in [3.05, 3.63) is 0 Å². The third-order valence-corrected chi connectivity index (χ3v) is 3.77. The highest BCUT2D eigenvalue weighted by Crippen LogP contribution is 2.13. The second kappa shape index (κ2) is 10.2. The minimum Gasteiger partial charge on any atom is -0.468 e. The molecule has 0 fully saturated rings. The molecular formula is C15H32N2O2. The van der Waals surface area contributed by atoms with Crippen molar-refractivity contribution < 1.29 is 9.53 Å². The maximum absolute atomic E-state index is 11.8. The number of carbonyl (C=O) groups is 1. The van der Waals surface area contributed by atoms with Gasteiger partial charge < -0.3 is 15.0 Å². The van der Waals surface area contributed by atoms with E-state index in [0.29, 0.717) is 0 Å². The molecular weight excluding hydrogens is 240 g/mol. The van der Waals surface area contributed by atoms with E-state index in [-0.39, 0.29) is 5.97 Å². The van der Waals surface area contributed by atoms with Crippen molar-refractivity contribution in [2.75, 3.05) is 33.8 Å². The fourth-order valence-electron chi connectivity index (χ4n) is 2.03. The highest BCUT2D eigenvalue weighted by atomic mass is 16.5. The van der Waals surface area contributed by atoms with Gasteiger partial charge >= 0.3 is 5.97 Å². The van der Waals surface area contributed by atoms with Crippen LogP contribution in [0, 0.1) is 0 Å². The Hall–Kier alpha value is -0.610. The molecule has 1 atom stereocenters. The largest absolute Gasteiger partial charge is 0.468 e. The molecule has 0 saturated heterocycles. The Bertz CT molecular complexity index is 238. The van der Waals surface area contributed by atoms with Gasteiger partial charge in [-0.2, -0.15) is 0 Å². The van der Waals surface area contributed by atoms with Gasteiger partial charge in [0.05, 0.1) is 7.11 Å². The quantitative estimate of drug-likeness (QED) is 0.587. The number of hydrogen-bond acceptors (Lipinski definition) is 4. The van der Waals surface area contributed by atoms with Crippen molar-refractivity contribution in [1.29, 1.82) is 0 Å². The summed E-state index contributed by atoms with van der Waals surface area (Å²) >= 11 is 0. The van der Waals surface area contributed by atoms with Crippen LogP contribution in [0.4, 0.5) is 0 Å². The van der Waals surface area contributed by atoms with E-state index in [4.69, 9.17) is 4.74 Å². The van der Waals surface area contributed by atoms with Crippen molar-refractivity contribution in [2.24, 2.45) is 0 Å². The van der Waals surface area contributed by atoms with E-state index in [1.54, 1.807) is 0 Å². The van der Waals surface area contributed by atoms with E-state index in [1.165, 1.54) is 32.8 Å². The number of nitrogens with one attached hydrogen (secondary N) is 1. The van der Waals surface area contributed by atoms with Crippen molar-refractivity contribution in [3.8, 4) is 0 Å². The van der Waals surface area contributed by atoms with Gasteiger partial charge in [-0.3, -0.25) is 4.79 Å². The molecule has 0 heterocycles. The Morgan fingerprint density at radius 3 is 2.05 bits per heavy atom. The molecule has 0 aliphatic carbocycles. The summed E-state index contributed by atoms with van der Waals surface area (Å²) in [5.41, 5.74) is -0.578. The Morgan fingerprint density at radius 2 is 1.68 bits per heavy atom. The van der Waals surface area contributed by atoms with E-state index >= 15 is 0 Å². The summed E-state index contributed by atoms with van der Waals surface area (Å²) in [6, 6.07) is 0. The summed E-state index contributed by atoms with van der Waals surface area (Å²) in [5, 5.41) is 3.10. The molecule has 0 radical (unpaired) electrons. The van der Waals surface area contributed by atoms with Crippen LogP contribution in [0.15, 0.2) is 0 Å². The summed E-state index contributed by atoms with van der Waals surface area (Å²) in [4.78, 5) is 14.3. The molecule has 0 aromatic carbocycles. The van der Waals surface area contributed by atoms with Gasteiger partial charge in [0, 0.05) is 6.54 Å². The second-order valence-electron chi connectivity index (χ2n) is 5.37. The monoisotopic (exact) mass is 272 g/mol. The van der Waals surface area contributed by atoms with Crippen LogP contribution >= 0.6 is 0 Å². The molecule has 0 aromatic rings. The SMILES string of the molecule is CCCCN(CCCC)CCC(C)(NC)C(=O)OC. The Labute approximate surface area is 118 Å². The lowest BCUT2D eigenvalue weighted by Gasteiger charge is -2.30. The van der Waals surface area contributed by atoms with Crippen LogP contribution in [0.2, 0.25) is 0 Å². The predicted octanol–water partition coefficient (Wildman–Crippen LogP) is 2.43. The van der Waals surface area contributed by atoms with E-state index in [2.05, 4.69) is 24.1 Å². The first-order valence-corrected chi connectivity index (χ1v) is 7.53. The van der Waals surface area contributed by atoms with Crippen LogP contribution in [0.25, 0.3) is 0 Å². The van der Waals surface area contributed by atoms with Crippen LogP contribution in [0.1, 0.15) is 52.9 Å². The predicted molar refractivity (Wildman–Crippen MR) is 80.4 cm³/mol. The molecule has 0 saturated carbocycles. The first kappa shape index (κ1) is 18.4. The molecule has 0 bridgehead atoms. The number of nitrogens with zero attached hydrogens (tertiary/aromatic N) is 1. The second-order valence-corrected chi connectivity index (χ2v) is 5.37. The molecule has 0 aliphatic heterocycles. The Kier molecular flexibility index (Phi) is 9.88. The third kappa shape index (κ3) is 6.92. The number of unbranched alkanes of at least 4 members (excludes halogenated alkanes) is 2. The van der Waals surface area contributed by atoms with Gasteiger partial charge in [0.25, 0.3) is 0 Å². The van der Waals surface area contributed by atoms with E-state index in [1.807, 2.05) is 14.0 Å². The maximum atomic E-state index is 11.8. The summed E-state index contributed by atoms with van der Waals surface area (Å²) in [6.07, 6.45) is 5.64.